The second kappa shape index (κ2) is 5.91. The zero-order chi connectivity index (χ0) is 13.1. The number of morpholine rings is 1. The summed E-state index contributed by atoms with van der Waals surface area (Å²) >= 11 is 6.06. The molecule has 1 fully saturated rings. The molecule has 4 heteroatoms. The van der Waals surface area contributed by atoms with Crippen molar-refractivity contribution in [1.82, 2.24) is 4.90 Å². The third-order valence-corrected chi connectivity index (χ3v) is 3.50. The summed E-state index contributed by atoms with van der Waals surface area (Å²) in [7, 11) is 0. The van der Waals surface area contributed by atoms with E-state index < -0.39 is 0 Å². The van der Waals surface area contributed by atoms with Gasteiger partial charge in [-0.25, -0.2) is 0 Å². The van der Waals surface area contributed by atoms with Gasteiger partial charge in [0.15, 0.2) is 0 Å². The van der Waals surface area contributed by atoms with Crippen LogP contribution in [0, 0.1) is 5.92 Å². The first-order valence-electron chi connectivity index (χ1n) is 6.45. The van der Waals surface area contributed by atoms with Gasteiger partial charge in [-0.15, -0.1) is 0 Å². The highest BCUT2D eigenvalue weighted by atomic mass is 35.5. The molecule has 1 atom stereocenters. The van der Waals surface area contributed by atoms with Gasteiger partial charge < -0.3 is 10.5 Å². The van der Waals surface area contributed by atoms with Crippen molar-refractivity contribution in [2.75, 3.05) is 32.0 Å². The molecule has 1 heterocycles. The molecule has 0 spiro atoms. The number of rotatable bonds is 3. The van der Waals surface area contributed by atoms with Gasteiger partial charge in [-0.2, -0.15) is 0 Å². The second-order valence-electron chi connectivity index (χ2n) is 5.29. The first kappa shape index (κ1) is 13.7. The van der Waals surface area contributed by atoms with Crippen molar-refractivity contribution in [2.24, 2.45) is 5.92 Å². The van der Waals surface area contributed by atoms with Crippen LogP contribution >= 0.6 is 11.6 Å². The molecule has 0 aromatic heterocycles. The molecule has 0 radical (unpaired) electrons. The minimum Gasteiger partial charge on any atom is -0.398 e. The van der Waals surface area contributed by atoms with E-state index >= 15 is 0 Å². The summed E-state index contributed by atoms with van der Waals surface area (Å²) in [6.07, 6.45) is 0.107. The van der Waals surface area contributed by atoms with E-state index in [2.05, 4.69) is 18.7 Å². The van der Waals surface area contributed by atoms with Gasteiger partial charge >= 0.3 is 0 Å². The minimum atomic E-state index is 0.107. The van der Waals surface area contributed by atoms with E-state index in [9.17, 15) is 0 Å². The van der Waals surface area contributed by atoms with E-state index in [4.69, 9.17) is 22.1 Å². The Morgan fingerprint density at radius 1 is 1.50 bits per heavy atom. The lowest BCUT2D eigenvalue weighted by molar-refractivity contribution is -0.0331. The van der Waals surface area contributed by atoms with E-state index in [-0.39, 0.29) is 6.10 Å². The Balaban J connectivity index is 2.05. The smallest absolute Gasteiger partial charge is 0.0952 e. The van der Waals surface area contributed by atoms with Crippen molar-refractivity contribution < 1.29 is 4.74 Å². The molecule has 0 bridgehead atoms. The highest BCUT2D eigenvalue weighted by Gasteiger charge is 2.22. The Labute approximate surface area is 114 Å². The summed E-state index contributed by atoms with van der Waals surface area (Å²) in [4.78, 5) is 2.45. The third kappa shape index (κ3) is 3.37. The summed E-state index contributed by atoms with van der Waals surface area (Å²) in [5, 5.41) is 0.608. The number of nitrogens with zero attached hydrogens (tertiary/aromatic N) is 1. The fourth-order valence-electron chi connectivity index (χ4n) is 2.33. The molecule has 1 saturated heterocycles. The van der Waals surface area contributed by atoms with Crippen LogP contribution in [0.25, 0.3) is 0 Å². The van der Waals surface area contributed by atoms with Crippen LogP contribution in [0.3, 0.4) is 0 Å². The van der Waals surface area contributed by atoms with Crippen LogP contribution in [0.1, 0.15) is 25.5 Å². The van der Waals surface area contributed by atoms with Gasteiger partial charge in [0.25, 0.3) is 0 Å². The summed E-state index contributed by atoms with van der Waals surface area (Å²) in [5.74, 6) is 0.679. The van der Waals surface area contributed by atoms with Crippen LogP contribution in [0.5, 0.6) is 0 Å². The molecule has 18 heavy (non-hydrogen) atoms. The number of hydrogen-bond donors (Lipinski definition) is 1. The first-order valence-corrected chi connectivity index (χ1v) is 6.83. The predicted molar refractivity (Wildman–Crippen MR) is 75.8 cm³/mol. The van der Waals surface area contributed by atoms with Gasteiger partial charge in [0.2, 0.25) is 0 Å². The molecule has 1 aliphatic heterocycles. The molecule has 2 rings (SSSR count). The average Bonchev–Trinajstić information content (AvgIpc) is 2.32. The molecule has 0 amide bonds. The molecule has 1 aromatic carbocycles. The molecule has 3 nitrogen and oxygen atoms in total. The normalized spacial score (nSPS) is 21.4. The predicted octanol–water partition coefficient (Wildman–Crippen LogP) is 2.95. The topological polar surface area (TPSA) is 38.5 Å². The van der Waals surface area contributed by atoms with Gasteiger partial charge in [0.1, 0.15) is 0 Å². The maximum atomic E-state index is 6.06. The average molecular weight is 269 g/mol. The second-order valence-corrected chi connectivity index (χ2v) is 5.70. The number of anilines is 1. The molecule has 1 aliphatic rings. The molecule has 0 aliphatic carbocycles. The summed E-state index contributed by atoms with van der Waals surface area (Å²) in [5.41, 5.74) is 7.46. The van der Waals surface area contributed by atoms with Crippen molar-refractivity contribution in [2.45, 2.75) is 20.0 Å². The molecule has 1 aromatic rings. The molecule has 100 valence electrons. The van der Waals surface area contributed by atoms with E-state index in [1.807, 2.05) is 18.2 Å². The van der Waals surface area contributed by atoms with Crippen molar-refractivity contribution in [1.29, 1.82) is 0 Å². The SMILES string of the molecule is CC(C)CN1CCO[C@@H](c2ccc(N)c(Cl)c2)C1. The van der Waals surface area contributed by atoms with Crippen LogP contribution in [0.2, 0.25) is 5.02 Å². The Hall–Kier alpha value is -0.770. The minimum absolute atomic E-state index is 0.107. The molecule has 0 unspecified atom stereocenters. The van der Waals surface area contributed by atoms with Gasteiger partial charge in [0.05, 0.1) is 23.4 Å². The number of nitrogen functional groups attached to an aromatic ring is 1. The molecule has 2 N–H and O–H groups in total. The van der Waals surface area contributed by atoms with Crippen LogP contribution in [0.15, 0.2) is 18.2 Å². The van der Waals surface area contributed by atoms with Crippen molar-refractivity contribution in [3.63, 3.8) is 0 Å². The lowest BCUT2D eigenvalue weighted by Crippen LogP contribution is -2.40. The van der Waals surface area contributed by atoms with E-state index in [1.165, 1.54) is 0 Å². The first-order chi connectivity index (χ1) is 8.56. The van der Waals surface area contributed by atoms with Gasteiger partial charge in [0, 0.05) is 19.6 Å². The highest BCUT2D eigenvalue weighted by Crippen LogP contribution is 2.27. The Morgan fingerprint density at radius 3 is 2.94 bits per heavy atom. The third-order valence-electron chi connectivity index (χ3n) is 3.17. The van der Waals surface area contributed by atoms with Crippen LogP contribution < -0.4 is 5.73 Å². The fourth-order valence-corrected chi connectivity index (χ4v) is 2.52. The fraction of sp³-hybridized carbons (Fsp3) is 0.571. The number of hydrogen-bond acceptors (Lipinski definition) is 3. The standard InChI is InChI=1S/C14H21ClN2O/c1-10(2)8-17-5-6-18-14(9-17)11-3-4-13(16)12(15)7-11/h3-4,7,10,14H,5-6,8-9,16H2,1-2H3/t14-/m1/s1. The zero-order valence-corrected chi connectivity index (χ0v) is 11.8. The zero-order valence-electron chi connectivity index (χ0n) is 11.0. The van der Waals surface area contributed by atoms with Crippen LogP contribution in [-0.4, -0.2) is 31.1 Å². The van der Waals surface area contributed by atoms with E-state index in [0.717, 1.165) is 31.8 Å². The van der Waals surface area contributed by atoms with Crippen molar-refractivity contribution in [3.8, 4) is 0 Å². The largest absolute Gasteiger partial charge is 0.398 e. The Bertz CT molecular complexity index is 409. The lowest BCUT2D eigenvalue weighted by atomic mass is 10.1. The maximum absolute atomic E-state index is 6.06. The monoisotopic (exact) mass is 268 g/mol. The number of benzene rings is 1. The number of halogens is 1. The Kier molecular flexibility index (Phi) is 4.49. The van der Waals surface area contributed by atoms with Crippen molar-refractivity contribution >= 4 is 17.3 Å². The summed E-state index contributed by atoms with van der Waals surface area (Å²) in [6.45, 7) is 8.31. The van der Waals surface area contributed by atoms with Gasteiger partial charge in [-0.05, 0) is 23.6 Å². The molecular formula is C14H21ClN2O. The quantitative estimate of drug-likeness (QED) is 0.857. The van der Waals surface area contributed by atoms with E-state index in [1.54, 1.807) is 0 Å². The Morgan fingerprint density at radius 2 is 2.28 bits per heavy atom. The number of nitrogens with two attached hydrogens (primary N) is 1. The maximum Gasteiger partial charge on any atom is 0.0952 e. The summed E-state index contributed by atoms with van der Waals surface area (Å²) < 4.78 is 5.83. The molecule has 0 saturated carbocycles. The van der Waals surface area contributed by atoms with E-state index in [0.29, 0.717) is 16.6 Å². The van der Waals surface area contributed by atoms with Crippen LogP contribution in [0.4, 0.5) is 5.69 Å². The highest BCUT2D eigenvalue weighted by molar-refractivity contribution is 6.33. The molecular weight excluding hydrogens is 248 g/mol. The summed E-state index contributed by atoms with van der Waals surface area (Å²) in [6, 6.07) is 5.77. The number of ether oxygens (including phenoxy) is 1. The van der Waals surface area contributed by atoms with Crippen LogP contribution in [-0.2, 0) is 4.74 Å². The van der Waals surface area contributed by atoms with Crippen molar-refractivity contribution in [3.05, 3.63) is 28.8 Å². The lowest BCUT2D eigenvalue weighted by Gasteiger charge is -2.34. The van der Waals surface area contributed by atoms with Gasteiger partial charge in [-0.3, -0.25) is 4.90 Å². The van der Waals surface area contributed by atoms with Gasteiger partial charge in [-0.1, -0.05) is 31.5 Å².